The molecule has 1 fully saturated rings. The first-order valence-electron chi connectivity index (χ1n) is 7.37. The summed E-state index contributed by atoms with van der Waals surface area (Å²) in [5, 5.41) is 3.17. The van der Waals surface area contributed by atoms with Crippen molar-refractivity contribution in [3.8, 4) is 5.75 Å². The van der Waals surface area contributed by atoms with Gasteiger partial charge in [-0.25, -0.2) is 0 Å². The number of nitrogens with one attached hydrogen (secondary N) is 1. The van der Waals surface area contributed by atoms with Gasteiger partial charge in [0.15, 0.2) is 0 Å². The maximum absolute atomic E-state index is 5.87. The molecule has 0 aliphatic carbocycles. The molecule has 20 heavy (non-hydrogen) atoms. The van der Waals surface area contributed by atoms with Gasteiger partial charge in [-0.1, -0.05) is 6.07 Å². The highest BCUT2D eigenvalue weighted by Gasteiger charge is 2.19. The summed E-state index contributed by atoms with van der Waals surface area (Å²) in [6.07, 6.45) is 0.301. The summed E-state index contributed by atoms with van der Waals surface area (Å²) in [4.78, 5) is 2.41. The second-order valence-electron chi connectivity index (χ2n) is 5.52. The molecule has 2 rings (SSSR count). The van der Waals surface area contributed by atoms with Crippen LogP contribution in [0.15, 0.2) is 18.2 Å². The van der Waals surface area contributed by atoms with Crippen LogP contribution in [0.5, 0.6) is 5.75 Å². The van der Waals surface area contributed by atoms with E-state index in [0.29, 0.717) is 6.10 Å². The molecule has 1 atom stereocenters. The number of hydrogen-bond donors (Lipinski definition) is 1. The van der Waals surface area contributed by atoms with Crippen molar-refractivity contribution < 1.29 is 9.47 Å². The number of aryl methyl sites for hydroxylation is 2. The lowest BCUT2D eigenvalue weighted by atomic mass is 10.1. The monoisotopic (exact) mass is 278 g/mol. The zero-order valence-corrected chi connectivity index (χ0v) is 12.8. The van der Waals surface area contributed by atoms with Crippen LogP contribution in [-0.4, -0.2) is 57.4 Å². The molecule has 1 heterocycles. The summed E-state index contributed by atoms with van der Waals surface area (Å²) in [7, 11) is 1.96. The third-order valence-electron chi connectivity index (χ3n) is 3.53. The third-order valence-corrected chi connectivity index (χ3v) is 3.53. The Hall–Kier alpha value is -1.10. The Morgan fingerprint density at radius 2 is 2.05 bits per heavy atom. The quantitative estimate of drug-likeness (QED) is 0.857. The van der Waals surface area contributed by atoms with E-state index in [1.165, 1.54) is 11.1 Å². The summed E-state index contributed by atoms with van der Waals surface area (Å²) in [6, 6.07) is 6.35. The van der Waals surface area contributed by atoms with Crippen LogP contribution in [0.1, 0.15) is 11.1 Å². The van der Waals surface area contributed by atoms with Gasteiger partial charge in [-0.2, -0.15) is 0 Å². The molecule has 1 aromatic carbocycles. The fourth-order valence-electron chi connectivity index (χ4n) is 2.64. The Labute approximate surface area is 122 Å². The van der Waals surface area contributed by atoms with Gasteiger partial charge in [-0.3, -0.25) is 4.90 Å². The summed E-state index contributed by atoms with van der Waals surface area (Å²) in [5.41, 5.74) is 2.50. The molecule has 0 amide bonds. The van der Waals surface area contributed by atoms with E-state index < -0.39 is 0 Å². The van der Waals surface area contributed by atoms with Gasteiger partial charge in [0.2, 0.25) is 0 Å². The number of benzene rings is 1. The first-order chi connectivity index (χ1) is 9.67. The van der Waals surface area contributed by atoms with Gasteiger partial charge >= 0.3 is 0 Å². The molecule has 0 spiro atoms. The summed E-state index contributed by atoms with van der Waals surface area (Å²) >= 11 is 0. The van der Waals surface area contributed by atoms with E-state index in [0.717, 1.165) is 45.1 Å². The normalized spacial score (nSPS) is 20.1. The van der Waals surface area contributed by atoms with Crippen molar-refractivity contribution in [2.45, 2.75) is 20.0 Å². The third kappa shape index (κ3) is 4.78. The SMILES string of the molecule is CNCC1CN(CCOc2cc(C)cc(C)c2)CCO1. The Balaban J connectivity index is 1.75. The van der Waals surface area contributed by atoms with Gasteiger partial charge in [-0.15, -0.1) is 0 Å². The number of likely N-dealkylation sites (N-methyl/N-ethyl adjacent to an activating group) is 1. The number of ether oxygens (including phenoxy) is 2. The molecule has 0 aromatic heterocycles. The van der Waals surface area contributed by atoms with Crippen LogP contribution in [0.3, 0.4) is 0 Å². The minimum Gasteiger partial charge on any atom is -0.492 e. The zero-order chi connectivity index (χ0) is 14.4. The fourth-order valence-corrected chi connectivity index (χ4v) is 2.64. The minimum absolute atomic E-state index is 0.301. The van der Waals surface area contributed by atoms with Crippen molar-refractivity contribution in [3.63, 3.8) is 0 Å². The topological polar surface area (TPSA) is 33.7 Å². The van der Waals surface area contributed by atoms with Gasteiger partial charge in [0, 0.05) is 26.2 Å². The molecule has 1 aromatic rings. The lowest BCUT2D eigenvalue weighted by Crippen LogP contribution is -2.47. The predicted molar refractivity (Wildman–Crippen MR) is 81.5 cm³/mol. The molecule has 0 bridgehead atoms. The van der Waals surface area contributed by atoms with Crippen molar-refractivity contribution >= 4 is 0 Å². The molecule has 4 heteroatoms. The Kier molecular flexibility index (Phi) is 5.83. The Bertz CT molecular complexity index is 401. The second-order valence-corrected chi connectivity index (χ2v) is 5.52. The van der Waals surface area contributed by atoms with Crippen LogP contribution in [0, 0.1) is 13.8 Å². The van der Waals surface area contributed by atoms with Gasteiger partial charge < -0.3 is 14.8 Å². The number of rotatable bonds is 6. The van der Waals surface area contributed by atoms with Crippen molar-refractivity contribution in [3.05, 3.63) is 29.3 Å². The van der Waals surface area contributed by atoms with E-state index in [1.807, 2.05) is 7.05 Å². The van der Waals surface area contributed by atoms with E-state index in [-0.39, 0.29) is 0 Å². The number of nitrogens with zero attached hydrogens (tertiary/aromatic N) is 1. The van der Waals surface area contributed by atoms with Gasteiger partial charge in [0.25, 0.3) is 0 Å². The van der Waals surface area contributed by atoms with Crippen LogP contribution in [0.25, 0.3) is 0 Å². The average Bonchev–Trinajstić information content (AvgIpc) is 2.38. The Morgan fingerprint density at radius 1 is 1.30 bits per heavy atom. The van der Waals surface area contributed by atoms with Crippen LogP contribution in [0.2, 0.25) is 0 Å². The minimum atomic E-state index is 0.301. The maximum atomic E-state index is 5.87. The Morgan fingerprint density at radius 3 is 2.75 bits per heavy atom. The molecule has 0 radical (unpaired) electrons. The maximum Gasteiger partial charge on any atom is 0.119 e. The molecule has 1 N–H and O–H groups in total. The van der Waals surface area contributed by atoms with Crippen molar-refractivity contribution in [1.29, 1.82) is 0 Å². The van der Waals surface area contributed by atoms with E-state index in [2.05, 4.69) is 42.3 Å². The first-order valence-corrected chi connectivity index (χ1v) is 7.37. The van der Waals surface area contributed by atoms with Crippen molar-refractivity contribution in [2.75, 3.05) is 46.4 Å². The number of hydrogen-bond acceptors (Lipinski definition) is 4. The van der Waals surface area contributed by atoms with E-state index >= 15 is 0 Å². The van der Waals surface area contributed by atoms with Crippen LogP contribution in [0.4, 0.5) is 0 Å². The van der Waals surface area contributed by atoms with E-state index in [4.69, 9.17) is 9.47 Å². The van der Waals surface area contributed by atoms with E-state index in [9.17, 15) is 0 Å². The zero-order valence-electron chi connectivity index (χ0n) is 12.8. The summed E-state index contributed by atoms with van der Waals surface area (Å²) < 4.78 is 11.6. The van der Waals surface area contributed by atoms with Crippen LogP contribution in [-0.2, 0) is 4.74 Å². The highest BCUT2D eigenvalue weighted by molar-refractivity contribution is 5.32. The molecule has 112 valence electrons. The largest absolute Gasteiger partial charge is 0.492 e. The lowest BCUT2D eigenvalue weighted by Gasteiger charge is -2.32. The molecule has 1 saturated heterocycles. The van der Waals surface area contributed by atoms with Gasteiger partial charge in [-0.05, 0) is 44.2 Å². The highest BCUT2D eigenvalue weighted by atomic mass is 16.5. The second kappa shape index (κ2) is 7.62. The van der Waals surface area contributed by atoms with Crippen LogP contribution < -0.4 is 10.1 Å². The molecule has 4 nitrogen and oxygen atoms in total. The lowest BCUT2D eigenvalue weighted by molar-refractivity contribution is -0.0291. The van der Waals surface area contributed by atoms with Gasteiger partial charge in [0.05, 0.1) is 12.7 Å². The van der Waals surface area contributed by atoms with Crippen molar-refractivity contribution in [2.24, 2.45) is 0 Å². The van der Waals surface area contributed by atoms with E-state index in [1.54, 1.807) is 0 Å². The predicted octanol–water partition coefficient (Wildman–Crippen LogP) is 1.60. The van der Waals surface area contributed by atoms with Crippen LogP contribution >= 0.6 is 0 Å². The molecule has 1 aliphatic heterocycles. The van der Waals surface area contributed by atoms with Crippen molar-refractivity contribution in [1.82, 2.24) is 10.2 Å². The molecular weight excluding hydrogens is 252 g/mol. The highest BCUT2D eigenvalue weighted by Crippen LogP contribution is 2.16. The molecular formula is C16H26N2O2. The molecule has 0 saturated carbocycles. The number of morpholine rings is 1. The smallest absolute Gasteiger partial charge is 0.119 e. The standard InChI is InChI=1S/C16H26N2O2/c1-13-8-14(2)10-15(9-13)19-6-4-18-5-7-20-16(12-18)11-17-3/h8-10,16-17H,4-7,11-12H2,1-3H3. The molecule has 1 unspecified atom stereocenters. The summed E-state index contributed by atoms with van der Waals surface area (Å²) in [6.45, 7) is 9.60. The first kappa shape index (κ1) is 15.3. The fraction of sp³-hybridized carbons (Fsp3) is 0.625. The summed E-state index contributed by atoms with van der Waals surface area (Å²) in [5.74, 6) is 0.975. The average molecular weight is 278 g/mol. The molecule has 1 aliphatic rings. The van der Waals surface area contributed by atoms with Gasteiger partial charge in [0.1, 0.15) is 12.4 Å².